The second-order valence-corrected chi connectivity index (χ2v) is 5.09. The van der Waals surface area contributed by atoms with Crippen LogP contribution in [0.3, 0.4) is 0 Å². The monoisotopic (exact) mass is 311 g/mol. The van der Waals surface area contributed by atoms with Gasteiger partial charge in [-0.1, -0.05) is 30.3 Å². The fraction of sp³-hybridized carbons (Fsp3) is 0.133. The van der Waals surface area contributed by atoms with Gasteiger partial charge in [0.1, 0.15) is 11.2 Å². The first-order chi connectivity index (χ1) is 11.0. The zero-order chi connectivity index (χ0) is 16.4. The predicted molar refractivity (Wildman–Crippen MR) is 78.7 cm³/mol. The molecule has 0 radical (unpaired) electrons. The highest BCUT2D eigenvalue weighted by atomic mass is 16.2. The fourth-order valence-electron chi connectivity index (χ4n) is 2.28. The Morgan fingerprint density at radius 2 is 1.96 bits per heavy atom. The average Bonchev–Trinajstić information content (AvgIpc) is 2.81. The molecule has 1 aromatic carbocycles. The van der Waals surface area contributed by atoms with Crippen LogP contribution in [0, 0.1) is 0 Å². The van der Waals surface area contributed by atoms with E-state index in [4.69, 9.17) is 0 Å². The molecule has 116 valence electrons. The van der Waals surface area contributed by atoms with Crippen molar-refractivity contribution in [3.05, 3.63) is 60.2 Å². The van der Waals surface area contributed by atoms with Gasteiger partial charge >= 0.3 is 6.03 Å². The molecular weight excluding hydrogens is 298 g/mol. The van der Waals surface area contributed by atoms with Gasteiger partial charge in [0, 0.05) is 12.4 Å². The number of nitrogens with zero attached hydrogens (tertiary/aromatic N) is 3. The highest BCUT2D eigenvalue weighted by Gasteiger charge is 2.50. The molecule has 1 aromatic heterocycles. The van der Waals surface area contributed by atoms with Crippen molar-refractivity contribution < 1.29 is 14.4 Å². The molecule has 0 unspecified atom stereocenters. The van der Waals surface area contributed by atoms with E-state index in [0.29, 0.717) is 10.6 Å². The van der Waals surface area contributed by atoms with Crippen molar-refractivity contribution in [2.24, 2.45) is 0 Å². The van der Waals surface area contributed by atoms with E-state index in [-0.39, 0.29) is 5.69 Å². The molecule has 4 amide bonds. The molecule has 3 rings (SSSR count). The first-order valence-electron chi connectivity index (χ1n) is 6.81. The Morgan fingerprint density at radius 3 is 2.61 bits per heavy atom. The van der Waals surface area contributed by atoms with Crippen LogP contribution in [-0.4, -0.2) is 32.8 Å². The molecule has 0 aliphatic carbocycles. The molecule has 2 N–H and O–H groups in total. The third-order valence-corrected chi connectivity index (χ3v) is 3.55. The smallest absolute Gasteiger partial charge is 0.318 e. The molecule has 23 heavy (non-hydrogen) atoms. The summed E-state index contributed by atoms with van der Waals surface area (Å²) in [5, 5.41) is 3.25. The molecule has 0 saturated carbocycles. The van der Waals surface area contributed by atoms with Crippen LogP contribution in [0.15, 0.2) is 48.9 Å². The highest BCUT2D eigenvalue weighted by molar-refractivity contribution is 6.09. The molecule has 2 aromatic rings. The number of amides is 4. The Labute approximate surface area is 131 Å². The maximum atomic E-state index is 12.6. The molecule has 1 atom stereocenters. The number of hydrazine groups is 1. The van der Waals surface area contributed by atoms with Gasteiger partial charge in [-0.2, -0.15) is 5.01 Å². The van der Waals surface area contributed by atoms with E-state index < -0.39 is 23.4 Å². The van der Waals surface area contributed by atoms with Gasteiger partial charge in [-0.3, -0.25) is 20.0 Å². The molecule has 0 bridgehead atoms. The van der Waals surface area contributed by atoms with Gasteiger partial charge in [0.05, 0.1) is 6.20 Å². The Morgan fingerprint density at radius 1 is 1.22 bits per heavy atom. The number of aromatic nitrogens is 2. The van der Waals surface area contributed by atoms with Crippen molar-refractivity contribution in [3.8, 4) is 0 Å². The number of rotatable bonds is 3. The minimum atomic E-state index is -1.24. The summed E-state index contributed by atoms with van der Waals surface area (Å²) in [4.78, 5) is 44.3. The molecule has 1 aliphatic heterocycles. The largest absolute Gasteiger partial charge is 0.344 e. The molecule has 1 aliphatic rings. The van der Waals surface area contributed by atoms with E-state index in [0.717, 1.165) is 0 Å². The first kappa shape index (κ1) is 14.6. The van der Waals surface area contributed by atoms with E-state index in [2.05, 4.69) is 20.7 Å². The Hall–Kier alpha value is -3.29. The van der Waals surface area contributed by atoms with E-state index >= 15 is 0 Å². The van der Waals surface area contributed by atoms with E-state index in [1.54, 1.807) is 31.2 Å². The van der Waals surface area contributed by atoms with Gasteiger partial charge in [-0.05, 0) is 12.5 Å². The number of benzene rings is 1. The van der Waals surface area contributed by atoms with E-state index in [1.165, 1.54) is 18.6 Å². The van der Waals surface area contributed by atoms with Crippen LogP contribution in [0.25, 0.3) is 0 Å². The standard InChI is InChI=1S/C15H13N5O3/c1-15(10-5-3-2-4-6-10)13(22)20(14(23)18-15)19-12(21)11-9-16-7-8-17-11/h2-9H,1H3,(H,18,23)(H,19,21)/t15-/m1/s1. The number of hydrogen-bond donors (Lipinski definition) is 2. The SMILES string of the molecule is C[C@]1(c2ccccc2)NC(=O)N(NC(=O)c2cnccn2)C1=O. The summed E-state index contributed by atoms with van der Waals surface area (Å²) in [6.07, 6.45) is 4.00. The Kier molecular flexibility index (Phi) is 3.49. The lowest BCUT2D eigenvalue weighted by Gasteiger charge is -2.21. The minimum Gasteiger partial charge on any atom is -0.318 e. The molecule has 1 saturated heterocycles. The maximum absolute atomic E-state index is 12.6. The molecule has 0 spiro atoms. The van der Waals surface area contributed by atoms with Crippen molar-refractivity contribution in [1.82, 2.24) is 25.7 Å². The van der Waals surface area contributed by atoms with Crippen molar-refractivity contribution in [3.63, 3.8) is 0 Å². The van der Waals surface area contributed by atoms with Crippen molar-refractivity contribution >= 4 is 17.8 Å². The molecule has 1 fully saturated rings. The van der Waals surface area contributed by atoms with Gasteiger partial charge in [0.25, 0.3) is 11.8 Å². The van der Waals surface area contributed by atoms with Crippen LogP contribution in [0.5, 0.6) is 0 Å². The lowest BCUT2D eigenvalue weighted by molar-refractivity contribution is -0.132. The predicted octanol–water partition coefficient (Wildman–Crippen LogP) is 0.589. The third kappa shape index (κ3) is 2.50. The van der Waals surface area contributed by atoms with Gasteiger partial charge in [-0.25, -0.2) is 9.78 Å². The summed E-state index contributed by atoms with van der Waals surface area (Å²) in [6, 6.07) is 8.08. The van der Waals surface area contributed by atoms with Gasteiger partial charge in [0.15, 0.2) is 0 Å². The summed E-state index contributed by atoms with van der Waals surface area (Å²) in [7, 11) is 0. The van der Waals surface area contributed by atoms with Crippen LogP contribution in [-0.2, 0) is 10.3 Å². The zero-order valence-corrected chi connectivity index (χ0v) is 12.2. The average molecular weight is 311 g/mol. The number of carbonyl (C=O) groups excluding carboxylic acids is 3. The summed E-state index contributed by atoms with van der Waals surface area (Å²) in [5.41, 5.74) is 1.63. The summed E-state index contributed by atoms with van der Waals surface area (Å²) >= 11 is 0. The van der Waals surface area contributed by atoms with Crippen LogP contribution in [0.2, 0.25) is 0 Å². The summed E-state index contributed by atoms with van der Waals surface area (Å²) in [6.45, 7) is 1.58. The van der Waals surface area contributed by atoms with E-state index in [1.807, 2.05) is 6.07 Å². The summed E-state index contributed by atoms with van der Waals surface area (Å²) < 4.78 is 0. The molecule has 2 heterocycles. The van der Waals surface area contributed by atoms with E-state index in [9.17, 15) is 14.4 Å². The lowest BCUT2D eigenvalue weighted by Crippen LogP contribution is -2.48. The number of urea groups is 1. The molecular formula is C15H13N5O3. The topological polar surface area (TPSA) is 104 Å². The molecule has 8 heteroatoms. The second-order valence-electron chi connectivity index (χ2n) is 5.09. The van der Waals surface area contributed by atoms with Crippen LogP contribution in [0.4, 0.5) is 4.79 Å². The lowest BCUT2D eigenvalue weighted by atomic mass is 9.92. The van der Waals surface area contributed by atoms with Crippen molar-refractivity contribution in [2.75, 3.05) is 0 Å². The summed E-state index contributed by atoms with van der Waals surface area (Å²) in [5.74, 6) is -1.27. The number of nitrogens with one attached hydrogen (secondary N) is 2. The van der Waals surface area contributed by atoms with Crippen LogP contribution < -0.4 is 10.7 Å². The van der Waals surface area contributed by atoms with Crippen molar-refractivity contribution in [1.29, 1.82) is 0 Å². The second kappa shape index (κ2) is 5.48. The van der Waals surface area contributed by atoms with Gasteiger partial charge in [0.2, 0.25) is 0 Å². The van der Waals surface area contributed by atoms with Gasteiger partial charge < -0.3 is 5.32 Å². The van der Waals surface area contributed by atoms with Crippen molar-refractivity contribution in [2.45, 2.75) is 12.5 Å². The fourth-order valence-corrected chi connectivity index (χ4v) is 2.28. The Balaban J connectivity index is 1.84. The highest BCUT2D eigenvalue weighted by Crippen LogP contribution is 2.27. The quantitative estimate of drug-likeness (QED) is 0.807. The normalized spacial score (nSPS) is 20.3. The first-order valence-corrected chi connectivity index (χ1v) is 6.81. The Bertz CT molecular complexity index is 765. The van der Waals surface area contributed by atoms with Crippen LogP contribution >= 0.6 is 0 Å². The third-order valence-electron chi connectivity index (χ3n) is 3.55. The zero-order valence-electron chi connectivity index (χ0n) is 12.2. The number of hydrogen-bond acceptors (Lipinski definition) is 5. The van der Waals surface area contributed by atoms with Crippen LogP contribution in [0.1, 0.15) is 23.0 Å². The number of carbonyl (C=O) groups is 3. The van der Waals surface area contributed by atoms with Gasteiger partial charge in [-0.15, -0.1) is 0 Å². The molecule has 8 nitrogen and oxygen atoms in total. The number of imide groups is 1. The maximum Gasteiger partial charge on any atom is 0.344 e. The minimum absolute atomic E-state index is 0.00131.